The molecule has 0 saturated carbocycles. The average Bonchev–Trinajstić information content (AvgIpc) is 1.82. The number of carbonyl (C=O) groups excluding carboxylic acids is 1. The van der Waals surface area contributed by atoms with Crippen molar-refractivity contribution >= 4 is 34.2 Å². The van der Waals surface area contributed by atoms with Gasteiger partial charge in [-0.1, -0.05) is 0 Å². The van der Waals surface area contributed by atoms with Crippen molar-refractivity contribution in [3.05, 3.63) is 0 Å². The Balaban J connectivity index is 2.47. The predicted octanol–water partition coefficient (Wildman–Crippen LogP) is 2.14. The van der Waals surface area contributed by atoms with Gasteiger partial charge in [-0.2, -0.15) is 0 Å². The first-order chi connectivity index (χ1) is 5.49. The van der Waals surface area contributed by atoms with Crippen molar-refractivity contribution in [3.63, 3.8) is 0 Å². The van der Waals surface area contributed by atoms with Crippen LogP contribution in [0.5, 0.6) is 0 Å². The Hall–Kier alpha value is 0.350. The van der Waals surface area contributed by atoms with E-state index in [0.717, 1.165) is 0 Å². The maximum absolute atomic E-state index is 11.2. The van der Waals surface area contributed by atoms with Crippen molar-refractivity contribution in [3.8, 4) is 0 Å². The minimum absolute atomic E-state index is 0.294. The average molecular weight is 306 g/mol. The van der Waals surface area contributed by atoms with Crippen LogP contribution in [0.2, 0.25) is 0 Å². The zero-order chi connectivity index (χ0) is 9.19. The molecule has 1 rings (SSSR count). The standard InChI is InChI=1S/C5H8IO5P/c1-12(8)9-3-2-4(11-12)10-5(6)7/h4H,2-3H2,1H3. The fraction of sp³-hybridized carbons (Fsp3) is 0.800. The number of halogens is 1. The van der Waals surface area contributed by atoms with E-state index in [0.29, 0.717) is 13.0 Å². The molecule has 1 aliphatic rings. The lowest BCUT2D eigenvalue weighted by Crippen LogP contribution is -2.23. The Bertz CT molecular complexity index is 230. The Morgan fingerprint density at radius 1 is 1.75 bits per heavy atom. The van der Waals surface area contributed by atoms with Crippen molar-refractivity contribution in [2.45, 2.75) is 12.7 Å². The first kappa shape index (κ1) is 10.4. The number of carbonyl (C=O) groups is 1. The van der Waals surface area contributed by atoms with Gasteiger partial charge in [-0.3, -0.25) is 9.09 Å². The summed E-state index contributed by atoms with van der Waals surface area (Å²) in [6.45, 7) is 1.64. The summed E-state index contributed by atoms with van der Waals surface area (Å²) in [6, 6.07) is 0. The molecule has 0 aromatic heterocycles. The van der Waals surface area contributed by atoms with Crippen LogP contribution in [-0.2, 0) is 18.3 Å². The van der Waals surface area contributed by atoms with Gasteiger partial charge in [-0.25, -0.2) is 4.79 Å². The SMILES string of the molecule is CP1(=O)OCCC(OC(=O)I)O1. The second-order valence-electron chi connectivity index (χ2n) is 2.28. The molecule has 1 aliphatic heterocycles. The first-order valence-electron chi connectivity index (χ1n) is 3.26. The van der Waals surface area contributed by atoms with Crippen LogP contribution in [0.3, 0.4) is 0 Å². The molecule has 1 fully saturated rings. The lowest BCUT2D eigenvalue weighted by molar-refractivity contribution is -0.0621. The Morgan fingerprint density at radius 2 is 2.42 bits per heavy atom. The van der Waals surface area contributed by atoms with E-state index in [9.17, 15) is 9.36 Å². The molecule has 70 valence electrons. The van der Waals surface area contributed by atoms with Gasteiger partial charge in [0.25, 0.3) is 0 Å². The fourth-order valence-corrected chi connectivity index (χ4v) is 2.15. The molecule has 1 heterocycles. The van der Waals surface area contributed by atoms with Gasteiger partial charge in [0.05, 0.1) is 29.2 Å². The van der Waals surface area contributed by atoms with Crippen molar-refractivity contribution in [2.75, 3.05) is 13.3 Å². The molecular weight excluding hydrogens is 298 g/mol. The van der Waals surface area contributed by atoms with E-state index in [1.165, 1.54) is 29.3 Å². The molecule has 1 saturated heterocycles. The summed E-state index contributed by atoms with van der Waals surface area (Å²) in [5.41, 5.74) is 0. The monoisotopic (exact) mass is 306 g/mol. The second kappa shape index (κ2) is 4.04. The van der Waals surface area contributed by atoms with Crippen molar-refractivity contribution in [1.29, 1.82) is 0 Å². The molecule has 7 heteroatoms. The van der Waals surface area contributed by atoms with Crippen LogP contribution < -0.4 is 0 Å². The number of hydrogen-bond acceptors (Lipinski definition) is 5. The van der Waals surface area contributed by atoms with Crippen LogP contribution in [0.25, 0.3) is 0 Å². The van der Waals surface area contributed by atoms with Gasteiger partial charge in [0.1, 0.15) is 0 Å². The normalized spacial score (nSPS) is 36.0. The molecule has 0 aromatic carbocycles. The molecule has 0 spiro atoms. The van der Waals surface area contributed by atoms with E-state index in [1.54, 1.807) is 0 Å². The molecule has 12 heavy (non-hydrogen) atoms. The molecule has 2 unspecified atom stereocenters. The van der Waals surface area contributed by atoms with Gasteiger partial charge in [-0.05, 0) is 0 Å². The molecule has 2 atom stereocenters. The molecule has 0 radical (unpaired) electrons. The summed E-state index contributed by atoms with van der Waals surface area (Å²) in [7, 11) is -2.98. The van der Waals surface area contributed by atoms with Gasteiger partial charge in [0.2, 0.25) is 6.29 Å². The lowest BCUT2D eigenvalue weighted by Gasteiger charge is -2.26. The third kappa shape index (κ3) is 3.38. The molecule has 0 N–H and O–H groups in total. The molecule has 0 bridgehead atoms. The third-order valence-electron chi connectivity index (χ3n) is 1.21. The summed E-state index contributed by atoms with van der Waals surface area (Å²) in [5, 5.41) is 0. The molecule has 0 aromatic rings. The minimum atomic E-state index is -2.98. The largest absolute Gasteiger partial charge is 0.428 e. The smallest absolute Gasteiger partial charge is 0.369 e. The predicted molar refractivity (Wildman–Crippen MR) is 49.5 cm³/mol. The van der Waals surface area contributed by atoms with Crippen LogP contribution in [0.15, 0.2) is 0 Å². The van der Waals surface area contributed by atoms with Gasteiger partial charge in [-0.15, -0.1) is 0 Å². The van der Waals surface area contributed by atoms with E-state index in [-0.39, 0.29) is 0 Å². The highest BCUT2D eigenvalue weighted by Crippen LogP contribution is 2.48. The molecule has 0 amide bonds. The maximum Gasteiger partial charge on any atom is 0.369 e. The number of ether oxygens (including phenoxy) is 1. The molecule has 5 nitrogen and oxygen atoms in total. The zero-order valence-corrected chi connectivity index (χ0v) is 9.41. The fourth-order valence-electron chi connectivity index (χ4n) is 0.795. The van der Waals surface area contributed by atoms with Crippen LogP contribution in [0.1, 0.15) is 6.42 Å². The topological polar surface area (TPSA) is 61.8 Å². The van der Waals surface area contributed by atoms with E-state index in [1.807, 2.05) is 0 Å². The lowest BCUT2D eigenvalue weighted by atomic mass is 10.4. The zero-order valence-electron chi connectivity index (χ0n) is 6.36. The quantitative estimate of drug-likeness (QED) is 0.422. The van der Waals surface area contributed by atoms with Crippen LogP contribution in [0.4, 0.5) is 4.79 Å². The molecular formula is C5H8IO5P. The highest BCUT2D eigenvalue weighted by molar-refractivity contribution is 14.1. The van der Waals surface area contributed by atoms with Crippen LogP contribution in [-0.4, -0.2) is 23.5 Å². The summed E-state index contributed by atoms with van der Waals surface area (Å²) in [5.74, 6) is 0. The maximum atomic E-state index is 11.2. The summed E-state index contributed by atoms with van der Waals surface area (Å²) >= 11 is 1.48. The van der Waals surface area contributed by atoms with Gasteiger partial charge >= 0.3 is 11.6 Å². The highest BCUT2D eigenvalue weighted by atomic mass is 127. The van der Waals surface area contributed by atoms with E-state index >= 15 is 0 Å². The van der Waals surface area contributed by atoms with E-state index < -0.39 is 17.9 Å². The summed E-state index contributed by atoms with van der Waals surface area (Å²) < 4.78 is 25.1. The van der Waals surface area contributed by atoms with Crippen molar-refractivity contribution in [1.82, 2.24) is 0 Å². The number of hydrogen-bond donors (Lipinski definition) is 0. The molecule has 0 aliphatic carbocycles. The van der Waals surface area contributed by atoms with E-state index in [4.69, 9.17) is 13.8 Å². The van der Waals surface area contributed by atoms with E-state index in [2.05, 4.69) is 0 Å². The van der Waals surface area contributed by atoms with Crippen LogP contribution in [0, 0.1) is 0 Å². The van der Waals surface area contributed by atoms with Gasteiger partial charge in [0, 0.05) is 13.1 Å². The third-order valence-corrected chi connectivity index (χ3v) is 2.74. The Kier molecular flexibility index (Phi) is 3.51. The van der Waals surface area contributed by atoms with Crippen molar-refractivity contribution in [2.24, 2.45) is 0 Å². The summed E-state index contributed by atoms with van der Waals surface area (Å²) in [4.78, 5) is 10.5. The van der Waals surface area contributed by atoms with Gasteiger partial charge < -0.3 is 9.26 Å². The first-order valence-corrected chi connectivity index (χ1v) is 6.33. The van der Waals surface area contributed by atoms with Gasteiger partial charge in [0.15, 0.2) is 0 Å². The minimum Gasteiger partial charge on any atom is -0.428 e. The summed E-state index contributed by atoms with van der Waals surface area (Å²) in [6.07, 6.45) is -0.300. The Labute approximate surface area is 83.4 Å². The van der Waals surface area contributed by atoms with Crippen LogP contribution >= 0.6 is 30.2 Å². The van der Waals surface area contributed by atoms with Crippen molar-refractivity contribution < 1.29 is 23.1 Å². The highest BCUT2D eigenvalue weighted by Gasteiger charge is 2.30. The second-order valence-corrected chi connectivity index (χ2v) is 5.18. The number of rotatable bonds is 1. The Morgan fingerprint density at radius 3 is 2.92 bits per heavy atom.